The molecule has 0 aliphatic rings. The van der Waals surface area contributed by atoms with E-state index in [4.69, 9.17) is 10.5 Å². The van der Waals surface area contributed by atoms with Crippen LogP contribution in [0.2, 0.25) is 0 Å². The Morgan fingerprint density at radius 3 is 2.52 bits per heavy atom. The van der Waals surface area contributed by atoms with Gasteiger partial charge in [-0.05, 0) is 18.6 Å². The minimum atomic E-state index is -3.68. The average Bonchev–Trinajstić information content (AvgIpc) is 2.45. The molecular formula is C13H22N2O5S. The highest BCUT2D eigenvalue weighted by molar-refractivity contribution is 7.89. The third-order valence-electron chi connectivity index (χ3n) is 3.13. The van der Waals surface area contributed by atoms with E-state index in [2.05, 4.69) is 4.72 Å². The highest BCUT2D eigenvalue weighted by Crippen LogP contribution is 2.15. The largest absolute Gasteiger partial charge is 0.492 e. The Bertz CT molecular complexity index is 535. The standard InChI is InChI=1S/C13H22N2O5S/c1-2-13(9-16,10-17)15-21(18,19)7-6-20-12-5-3-4-11(14)8-12/h3-5,8,15-17H,2,6-7,9-10,14H2,1H3. The number of benzene rings is 1. The molecule has 0 aromatic heterocycles. The summed E-state index contributed by atoms with van der Waals surface area (Å²) >= 11 is 0. The smallest absolute Gasteiger partial charge is 0.215 e. The van der Waals surface area contributed by atoms with Crippen molar-refractivity contribution in [2.24, 2.45) is 0 Å². The predicted molar refractivity (Wildman–Crippen MR) is 80.5 cm³/mol. The van der Waals surface area contributed by atoms with Crippen LogP contribution in [0.5, 0.6) is 5.75 Å². The summed E-state index contributed by atoms with van der Waals surface area (Å²) in [6, 6.07) is 6.67. The number of ether oxygens (including phenoxy) is 1. The molecule has 1 aromatic carbocycles. The zero-order valence-electron chi connectivity index (χ0n) is 11.9. The fourth-order valence-electron chi connectivity index (χ4n) is 1.66. The summed E-state index contributed by atoms with van der Waals surface area (Å²) in [5.74, 6) is 0.195. The van der Waals surface area contributed by atoms with E-state index in [0.717, 1.165) is 0 Å². The minimum absolute atomic E-state index is 0.0601. The highest BCUT2D eigenvalue weighted by atomic mass is 32.2. The zero-order valence-corrected chi connectivity index (χ0v) is 12.8. The predicted octanol–water partition coefficient (Wildman–Crippen LogP) is -0.300. The van der Waals surface area contributed by atoms with Gasteiger partial charge in [-0.25, -0.2) is 13.1 Å². The van der Waals surface area contributed by atoms with Crippen molar-refractivity contribution in [3.8, 4) is 5.75 Å². The van der Waals surface area contributed by atoms with E-state index in [-0.39, 0.29) is 18.8 Å². The van der Waals surface area contributed by atoms with Crippen molar-refractivity contribution in [1.82, 2.24) is 4.72 Å². The molecule has 0 spiro atoms. The minimum Gasteiger partial charge on any atom is -0.492 e. The molecule has 0 saturated carbocycles. The maximum Gasteiger partial charge on any atom is 0.215 e. The van der Waals surface area contributed by atoms with Crippen LogP contribution in [0.3, 0.4) is 0 Å². The van der Waals surface area contributed by atoms with Crippen molar-refractivity contribution in [2.75, 3.05) is 31.3 Å². The molecule has 1 rings (SSSR count). The Balaban J connectivity index is 2.57. The topological polar surface area (TPSA) is 122 Å². The number of anilines is 1. The molecule has 0 atom stereocenters. The van der Waals surface area contributed by atoms with Crippen molar-refractivity contribution < 1.29 is 23.4 Å². The molecule has 120 valence electrons. The quantitative estimate of drug-likeness (QED) is 0.464. The number of nitrogen functional groups attached to an aromatic ring is 1. The summed E-state index contributed by atoms with van der Waals surface area (Å²) in [7, 11) is -3.68. The molecule has 0 aliphatic heterocycles. The molecule has 21 heavy (non-hydrogen) atoms. The molecule has 0 amide bonds. The van der Waals surface area contributed by atoms with Crippen molar-refractivity contribution in [2.45, 2.75) is 18.9 Å². The first-order chi connectivity index (χ1) is 9.86. The zero-order chi connectivity index (χ0) is 15.9. The number of nitrogens with two attached hydrogens (primary N) is 1. The third kappa shape index (κ3) is 5.50. The highest BCUT2D eigenvalue weighted by Gasteiger charge is 2.31. The molecule has 5 N–H and O–H groups in total. The Morgan fingerprint density at radius 2 is 2.00 bits per heavy atom. The van der Waals surface area contributed by atoms with Crippen molar-refractivity contribution in [3.05, 3.63) is 24.3 Å². The van der Waals surface area contributed by atoms with Crippen LogP contribution in [0, 0.1) is 0 Å². The van der Waals surface area contributed by atoms with Crippen LogP contribution in [0.1, 0.15) is 13.3 Å². The fourth-order valence-corrected chi connectivity index (χ4v) is 3.00. The van der Waals surface area contributed by atoms with Crippen LogP contribution < -0.4 is 15.2 Å². The molecule has 0 bridgehead atoms. The molecule has 0 saturated heterocycles. The van der Waals surface area contributed by atoms with Crippen LogP contribution in [0.15, 0.2) is 24.3 Å². The van der Waals surface area contributed by atoms with Crippen molar-refractivity contribution >= 4 is 15.7 Å². The maximum atomic E-state index is 11.9. The van der Waals surface area contributed by atoms with Gasteiger partial charge in [-0.1, -0.05) is 13.0 Å². The maximum absolute atomic E-state index is 11.9. The van der Waals surface area contributed by atoms with E-state index in [1.54, 1.807) is 31.2 Å². The molecular weight excluding hydrogens is 296 g/mol. The third-order valence-corrected chi connectivity index (χ3v) is 4.58. The first-order valence-corrected chi connectivity index (χ1v) is 8.23. The second kappa shape index (κ2) is 7.60. The number of nitrogens with one attached hydrogen (secondary N) is 1. The number of hydrogen-bond acceptors (Lipinski definition) is 6. The van der Waals surface area contributed by atoms with Gasteiger partial charge in [0.2, 0.25) is 10.0 Å². The lowest BCUT2D eigenvalue weighted by atomic mass is 10.0. The van der Waals surface area contributed by atoms with Crippen LogP contribution >= 0.6 is 0 Å². The van der Waals surface area contributed by atoms with Gasteiger partial charge >= 0.3 is 0 Å². The molecule has 0 aliphatic carbocycles. The molecule has 8 heteroatoms. The molecule has 0 heterocycles. The Kier molecular flexibility index (Phi) is 6.41. The molecule has 0 radical (unpaired) electrons. The lowest BCUT2D eigenvalue weighted by Crippen LogP contribution is -2.54. The van der Waals surface area contributed by atoms with Gasteiger partial charge in [-0.15, -0.1) is 0 Å². The monoisotopic (exact) mass is 318 g/mol. The Labute approximate surface area is 124 Å². The lowest BCUT2D eigenvalue weighted by Gasteiger charge is -2.29. The first-order valence-electron chi connectivity index (χ1n) is 6.58. The van der Waals surface area contributed by atoms with E-state index < -0.39 is 28.8 Å². The van der Waals surface area contributed by atoms with E-state index in [1.807, 2.05) is 0 Å². The second-order valence-electron chi connectivity index (χ2n) is 4.79. The van der Waals surface area contributed by atoms with Crippen molar-refractivity contribution in [3.63, 3.8) is 0 Å². The van der Waals surface area contributed by atoms with Gasteiger partial charge in [0.1, 0.15) is 12.4 Å². The molecule has 1 aromatic rings. The van der Waals surface area contributed by atoms with E-state index in [1.165, 1.54) is 0 Å². The summed E-state index contributed by atoms with van der Waals surface area (Å²) in [5.41, 5.74) is 4.87. The Morgan fingerprint density at radius 1 is 1.33 bits per heavy atom. The van der Waals surface area contributed by atoms with Crippen LogP contribution in [0.25, 0.3) is 0 Å². The number of hydrogen-bond donors (Lipinski definition) is 4. The SMILES string of the molecule is CCC(CO)(CO)NS(=O)(=O)CCOc1cccc(N)c1. The number of aliphatic hydroxyl groups excluding tert-OH is 2. The summed E-state index contributed by atoms with van der Waals surface area (Å²) in [6.07, 6.45) is 0.273. The van der Waals surface area contributed by atoms with Gasteiger partial charge in [0, 0.05) is 11.8 Å². The number of sulfonamides is 1. The van der Waals surface area contributed by atoms with Gasteiger partial charge < -0.3 is 20.7 Å². The van der Waals surface area contributed by atoms with Gasteiger partial charge in [0.25, 0.3) is 0 Å². The van der Waals surface area contributed by atoms with E-state index in [0.29, 0.717) is 11.4 Å². The Hall–Kier alpha value is -1.35. The number of aliphatic hydroxyl groups is 2. The molecule has 0 unspecified atom stereocenters. The van der Waals surface area contributed by atoms with Crippen LogP contribution in [0.4, 0.5) is 5.69 Å². The lowest BCUT2D eigenvalue weighted by molar-refractivity contribution is 0.105. The summed E-state index contributed by atoms with van der Waals surface area (Å²) in [4.78, 5) is 0. The van der Waals surface area contributed by atoms with Gasteiger partial charge in [-0.2, -0.15) is 0 Å². The van der Waals surface area contributed by atoms with Crippen LogP contribution in [-0.4, -0.2) is 49.7 Å². The van der Waals surface area contributed by atoms with Crippen molar-refractivity contribution in [1.29, 1.82) is 0 Å². The van der Waals surface area contributed by atoms with E-state index in [9.17, 15) is 18.6 Å². The van der Waals surface area contributed by atoms with Gasteiger partial charge in [0.15, 0.2) is 0 Å². The summed E-state index contributed by atoms with van der Waals surface area (Å²) < 4.78 is 31.5. The summed E-state index contributed by atoms with van der Waals surface area (Å²) in [5, 5.41) is 18.5. The van der Waals surface area contributed by atoms with Gasteiger partial charge in [-0.3, -0.25) is 0 Å². The van der Waals surface area contributed by atoms with Gasteiger partial charge in [0.05, 0.1) is 24.5 Å². The molecule has 7 nitrogen and oxygen atoms in total. The van der Waals surface area contributed by atoms with E-state index >= 15 is 0 Å². The normalized spacial score (nSPS) is 12.3. The summed E-state index contributed by atoms with van der Waals surface area (Å²) in [6.45, 7) is 0.665. The fraction of sp³-hybridized carbons (Fsp3) is 0.538. The molecule has 0 fully saturated rings. The first kappa shape index (κ1) is 17.7. The second-order valence-corrected chi connectivity index (χ2v) is 6.63. The number of rotatable bonds is 9. The van der Waals surface area contributed by atoms with Crippen LogP contribution in [-0.2, 0) is 10.0 Å². The average molecular weight is 318 g/mol.